The van der Waals surface area contributed by atoms with Gasteiger partial charge in [-0.2, -0.15) is 0 Å². The fourth-order valence-electron chi connectivity index (χ4n) is 2.43. The van der Waals surface area contributed by atoms with Crippen LogP contribution in [0.25, 0.3) is 0 Å². The Kier molecular flexibility index (Phi) is 7.55. The van der Waals surface area contributed by atoms with Gasteiger partial charge in [0.15, 0.2) is 5.78 Å². The zero-order valence-corrected chi connectivity index (χ0v) is 15.6. The Bertz CT molecular complexity index is 800. The molecule has 0 radical (unpaired) electrons. The molecule has 0 bridgehead atoms. The summed E-state index contributed by atoms with van der Waals surface area (Å²) in [6.07, 6.45) is 1.09. The normalized spacial score (nSPS) is 10.1. The Morgan fingerprint density at radius 1 is 0.963 bits per heavy atom. The van der Waals surface area contributed by atoms with E-state index in [0.717, 1.165) is 12.2 Å². The van der Waals surface area contributed by atoms with E-state index in [-0.39, 0.29) is 30.4 Å². The maximum absolute atomic E-state index is 12.2. The van der Waals surface area contributed by atoms with E-state index in [1.54, 1.807) is 55.6 Å². The molecule has 0 heterocycles. The number of amides is 2. The van der Waals surface area contributed by atoms with Crippen LogP contribution in [0, 0.1) is 0 Å². The third-order valence-corrected chi connectivity index (χ3v) is 3.86. The van der Waals surface area contributed by atoms with Crippen molar-refractivity contribution in [1.82, 2.24) is 5.32 Å². The van der Waals surface area contributed by atoms with Crippen LogP contribution >= 0.6 is 0 Å². The quantitative estimate of drug-likeness (QED) is 0.664. The van der Waals surface area contributed by atoms with Gasteiger partial charge in [-0.15, -0.1) is 0 Å². The summed E-state index contributed by atoms with van der Waals surface area (Å²) in [6.45, 7) is 2.66. The van der Waals surface area contributed by atoms with Crippen LogP contribution in [0.1, 0.15) is 46.9 Å². The fourth-order valence-corrected chi connectivity index (χ4v) is 2.43. The highest BCUT2D eigenvalue weighted by molar-refractivity contribution is 6.00. The van der Waals surface area contributed by atoms with Crippen molar-refractivity contribution in [2.75, 3.05) is 19.0 Å². The molecule has 2 rings (SSSR count). The summed E-state index contributed by atoms with van der Waals surface area (Å²) < 4.78 is 5.49. The van der Waals surface area contributed by atoms with Crippen LogP contribution in [0.15, 0.2) is 48.5 Å². The number of nitrogens with one attached hydrogen (secondary N) is 2. The van der Waals surface area contributed by atoms with E-state index in [1.807, 2.05) is 6.92 Å². The lowest BCUT2D eigenvalue weighted by atomic mass is 10.1. The van der Waals surface area contributed by atoms with Crippen LogP contribution in [-0.2, 0) is 4.79 Å². The highest BCUT2D eigenvalue weighted by atomic mass is 16.5. The largest absolute Gasteiger partial charge is 0.494 e. The summed E-state index contributed by atoms with van der Waals surface area (Å²) in [7, 11) is 1.54. The molecule has 0 aliphatic rings. The number of carbonyl (C=O) groups excluding carboxylic acids is 3. The number of benzene rings is 2. The number of rotatable bonds is 9. The minimum atomic E-state index is -0.277. The number of hydrogen-bond acceptors (Lipinski definition) is 4. The van der Waals surface area contributed by atoms with Crippen LogP contribution < -0.4 is 15.4 Å². The smallest absolute Gasteiger partial charge is 0.251 e. The highest BCUT2D eigenvalue weighted by Crippen LogP contribution is 2.15. The summed E-state index contributed by atoms with van der Waals surface area (Å²) in [5, 5.41) is 5.24. The molecule has 0 atom stereocenters. The lowest BCUT2D eigenvalue weighted by molar-refractivity contribution is -0.116. The number of ether oxygens (including phenoxy) is 1. The van der Waals surface area contributed by atoms with E-state index in [2.05, 4.69) is 10.6 Å². The van der Waals surface area contributed by atoms with E-state index >= 15 is 0 Å². The minimum Gasteiger partial charge on any atom is -0.494 e. The number of Topliss-reactive ketones (excluding diaryl/α,β-unsaturated/α-hetero) is 1. The summed E-state index contributed by atoms with van der Waals surface area (Å²) >= 11 is 0. The Morgan fingerprint density at radius 3 is 2.37 bits per heavy atom. The molecule has 0 saturated carbocycles. The number of ketones is 1. The third kappa shape index (κ3) is 6.26. The molecule has 0 unspecified atom stereocenters. The van der Waals surface area contributed by atoms with Gasteiger partial charge in [-0.05, 0) is 48.9 Å². The van der Waals surface area contributed by atoms with Crippen molar-refractivity contribution < 1.29 is 19.1 Å². The molecule has 6 heteroatoms. The minimum absolute atomic E-state index is 0.0666. The first-order valence-electron chi connectivity index (χ1n) is 8.91. The van der Waals surface area contributed by atoms with Crippen LogP contribution in [0.2, 0.25) is 0 Å². The predicted octanol–water partition coefficient (Wildman–Crippen LogP) is 3.44. The van der Waals surface area contributed by atoms with Crippen LogP contribution in [0.4, 0.5) is 5.69 Å². The number of carbonyl (C=O) groups is 3. The molecule has 0 fully saturated rings. The molecule has 2 aromatic carbocycles. The Morgan fingerprint density at radius 2 is 1.70 bits per heavy atom. The average molecular weight is 368 g/mol. The molecule has 6 nitrogen and oxygen atoms in total. The van der Waals surface area contributed by atoms with Gasteiger partial charge in [0.2, 0.25) is 5.91 Å². The fraction of sp³-hybridized carbons (Fsp3) is 0.286. The molecule has 0 aromatic heterocycles. The molecule has 27 heavy (non-hydrogen) atoms. The standard InChI is InChI=1S/C21H24N2O4/c1-3-13-27-18-9-7-15(8-10-18)19(24)11-12-20(25)23-17-6-4-5-16(14-17)21(26)22-2/h4-10,14H,3,11-13H2,1-2H3,(H,22,26)(H,23,25). The Hall–Kier alpha value is -3.15. The molecule has 2 N–H and O–H groups in total. The second kappa shape index (κ2) is 10.1. The van der Waals surface area contributed by atoms with E-state index in [0.29, 0.717) is 23.4 Å². The first-order valence-corrected chi connectivity index (χ1v) is 8.91. The van der Waals surface area contributed by atoms with Crippen molar-refractivity contribution in [2.24, 2.45) is 0 Å². The first-order chi connectivity index (χ1) is 13.0. The van der Waals surface area contributed by atoms with Gasteiger partial charge in [-0.1, -0.05) is 13.0 Å². The van der Waals surface area contributed by atoms with Gasteiger partial charge in [0.25, 0.3) is 5.91 Å². The zero-order valence-electron chi connectivity index (χ0n) is 15.6. The molecule has 0 saturated heterocycles. The molecule has 0 aliphatic carbocycles. The van der Waals surface area contributed by atoms with Crippen LogP contribution in [0.3, 0.4) is 0 Å². The van der Waals surface area contributed by atoms with Crippen LogP contribution in [0.5, 0.6) is 5.75 Å². The van der Waals surface area contributed by atoms with E-state index < -0.39 is 0 Å². The van der Waals surface area contributed by atoms with E-state index in [9.17, 15) is 14.4 Å². The molecular weight excluding hydrogens is 344 g/mol. The van der Waals surface area contributed by atoms with Gasteiger partial charge in [-0.25, -0.2) is 0 Å². The lowest BCUT2D eigenvalue weighted by Gasteiger charge is -2.08. The van der Waals surface area contributed by atoms with Crippen molar-refractivity contribution in [3.8, 4) is 5.75 Å². The maximum atomic E-state index is 12.2. The van der Waals surface area contributed by atoms with Gasteiger partial charge in [-0.3, -0.25) is 14.4 Å². The average Bonchev–Trinajstić information content (AvgIpc) is 2.70. The maximum Gasteiger partial charge on any atom is 0.251 e. The second-order valence-electron chi connectivity index (χ2n) is 6.00. The number of hydrogen-bond donors (Lipinski definition) is 2. The number of anilines is 1. The van der Waals surface area contributed by atoms with E-state index in [1.165, 1.54) is 0 Å². The van der Waals surface area contributed by atoms with Crippen molar-refractivity contribution >= 4 is 23.3 Å². The predicted molar refractivity (Wildman–Crippen MR) is 104 cm³/mol. The van der Waals surface area contributed by atoms with E-state index in [4.69, 9.17) is 4.74 Å². The molecule has 2 amide bonds. The molecule has 2 aromatic rings. The summed E-state index contributed by atoms with van der Waals surface area (Å²) in [4.78, 5) is 36.0. The zero-order chi connectivity index (χ0) is 19.6. The topological polar surface area (TPSA) is 84.5 Å². The van der Waals surface area contributed by atoms with Gasteiger partial charge < -0.3 is 15.4 Å². The lowest BCUT2D eigenvalue weighted by Crippen LogP contribution is -2.18. The Balaban J connectivity index is 1.86. The van der Waals surface area contributed by atoms with Gasteiger partial charge in [0.1, 0.15) is 5.75 Å². The van der Waals surface area contributed by atoms with Gasteiger partial charge >= 0.3 is 0 Å². The summed E-state index contributed by atoms with van der Waals surface area (Å²) in [5.74, 6) is 0.112. The monoisotopic (exact) mass is 368 g/mol. The van der Waals surface area contributed by atoms with Crippen molar-refractivity contribution in [3.63, 3.8) is 0 Å². The van der Waals surface area contributed by atoms with Crippen LogP contribution in [-0.4, -0.2) is 31.3 Å². The first kappa shape index (κ1) is 20.2. The highest BCUT2D eigenvalue weighted by Gasteiger charge is 2.11. The summed E-state index contributed by atoms with van der Waals surface area (Å²) in [5.41, 5.74) is 1.52. The second-order valence-corrected chi connectivity index (χ2v) is 6.00. The molecular formula is C21H24N2O4. The van der Waals surface area contributed by atoms with Gasteiger partial charge in [0, 0.05) is 36.7 Å². The third-order valence-electron chi connectivity index (χ3n) is 3.86. The van der Waals surface area contributed by atoms with Gasteiger partial charge in [0.05, 0.1) is 6.61 Å². The SMILES string of the molecule is CCCOc1ccc(C(=O)CCC(=O)Nc2cccc(C(=O)NC)c2)cc1. The molecule has 0 aliphatic heterocycles. The van der Waals surface area contributed by atoms with Crippen molar-refractivity contribution in [3.05, 3.63) is 59.7 Å². The molecule has 142 valence electrons. The summed E-state index contributed by atoms with van der Waals surface area (Å²) in [6, 6.07) is 13.6. The van der Waals surface area contributed by atoms with Crippen molar-refractivity contribution in [2.45, 2.75) is 26.2 Å². The molecule has 0 spiro atoms. The van der Waals surface area contributed by atoms with Crippen molar-refractivity contribution in [1.29, 1.82) is 0 Å². The Labute approximate surface area is 158 Å².